The van der Waals surface area contributed by atoms with Crippen LogP contribution in [-0.4, -0.2) is 47.4 Å². The van der Waals surface area contributed by atoms with Crippen molar-refractivity contribution in [1.29, 1.82) is 0 Å². The molecule has 0 aromatic heterocycles. The van der Waals surface area contributed by atoms with Crippen molar-refractivity contribution in [2.75, 3.05) is 13.2 Å². The summed E-state index contributed by atoms with van der Waals surface area (Å²) >= 11 is 0. The summed E-state index contributed by atoms with van der Waals surface area (Å²) in [6, 6.07) is -0.621. The van der Waals surface area contributed by atoms with Gasteiger partial charge in [0.25, 0.3) is 0 Å². The molecule has 0 bridgehead atoms. The zero-order valence-corrected chi connectivity index (χ0v) is 57.2. The van der Waals surface area contributed by atoms with Crippen LogP contribution in [0.3, 0.4) is 0 Å². The Balaban J connectivity index is 3.27. The molecule has 0 radical (unpaired) electrons. The molecule has 6 nitrogen and oxygen atoms in total. The number of esters is 1. The van der Waals surface area contributed by atoms with E-state index in [9.17, 15) is 19.8 Å². The quantitative estimate of drug-likeness (QED) is 0.0320. The van der Waals surface area contributed by atoms with Gasteiger partial charge in [-0.25, -0.2) is 0 Å². The second-order valence-electron chi connectivity index (χ2n) is 26.7. The predicted molar refractivity (Wildman–Crippen MR) is 370 cm³/mol. The number of aliphatic hydroxyl groups is 2. The summed E-state index contributed by atoms with van der Waals surface area (Å²) in [7, 11) is 0. The van der Waals surface area contributed by atoms with E-state index in [4.69, 9.17) is 4.74 Å². The van der Waals surface area contributed by atoms with E-state index >= 15 is 0 Å². The SMILES string of the molecule is CCCCCCCC/C=C\CCCCCCCCCC(=O)OCCCCCCCCCCCCCCCCCCCCCCCCCCCCCCCCCCCCCCCCCC(=O)NC(CO)C(O)/C=C/CCCCCCCCCCC. The molecule has 0 aliphatic carbocycles. The Hall–Kier alpha value is -1.66. The Kier molecular flexibility index (Phi) is 72.3. The highest BCUT2D eigenvalue weighted by molar-refractivity contribution is 5.76. The maximum absolute atomic E-state index is 12.4. The third-order valence-corrected chi connectivity index (χ3v) is 18.2. The normalized spacial score (nSPS) is 12.6. The van der Waals surface area contributed by atoms with Gasteiger partial charge in [0.2, 0.25) is 5.91 Å². The number of allylic oxidation sites excluding steroid dienone is 3. The summed E-state index contributed by atoms with van der Waals surface area (Å²) in [4.78, 5) is 24.6. The van der Waals surface area contributed by atoms with Gasteiger partial charge in [-0.2, -0.15) is 0 Å². The lowest BCUT2D eigenvalue weighted by atomic mass is 10.0. The van der Waals surface area contributed by atoms with Gasteiger partial charge in [0.1, 0.15) is 0 Å². The Bertz CT molecular complexity index is 1320. The molecule has 0 fully saturated rings. The summed E-state index contributed by atoms with van der Waals surface area (Å²) in [5.74, 6) is -0.0398. The van der Waals surface area contributed by atoms with Gasteiger partial charge in [-0.3, -0.25) is 9.59 Å². The minimum absolute atomic E-state index is 0.0213. The van der Waals surface area contributed by atoms with Gasteiger partial charge >= 0.3 is 5.97 Å². The van der Waals surface area contributed by atoms with Gasteiger partial charge in [0, 0.05) is 12.8 Å². The maximum Gasteiger partial charge on any atom is 0.305 e. The van der Waals surface area contributed by atoms with Crippen LogP contribution in [0.15, 0.2) is 24.3 Å². The van der Waals surface area contributed by atoms with E-state index in [2.05, 4.69) is 31.3 Å². The van der Waals surface area contributed by atoms with Crippen LogP contribution in [-0.2, 0) is 14.3 Å². The number of nitrogens with one attached hydrogen (secondary N) is 1. The maximum atomic E-state index is 12.4. The molecule has 1 amide bonds. The van der Waals surface area contributed by atoms with Gasteiger partial charge in [-0.05, 0) is 57.8 Å². The largest absolute Gasteiger partial charge is 0.466 e. The van der Waals surface area contributed by atoms with Gasteiger partial charge in [0.05, 0.1) is 25.4 Å². The van der Waals surface area contributed by atoms with E-state index in [1.54, 1.807) is 6.08 Å². The molecule has 2 unspecified atom stereocenters. The number of hydrogen-bond donors (Lipinski definition) is 3. The Morgan fingerprint density at radius 1 is 0.321 bits per heavy atom. The number of amides is 1. The van der Waals surface area contributed by atoms with Crippen molar-refractivity contribution < 1.29 is 24.5 Å². The third-order valence-electron chi connectivity index (χ3n) is 18.2. The van der Waals surface area contributed by atoms with Crippen molar-refractivity contribution in [3.05, 3.63) is 24.3 Å². The van der Waals surface area contributed by atoms with E-state index in [0.29, 0.717) is 19.4 Å². The van der Waals surface area contributed by atoms with E-state index in [1.807, 2.05) is 6.08 Å². The minimum Gasteiger partial charge on any atom is -0.466 e. The summed E-state index contributed by atoms with van der Waals surface area (Å²) in [5.41, 5.74) is 0. The Morgan fingerprint density at radius 2 is 0.560 bits per heavy atom. The Labute approximate surface area is 526 Å². The average Bonchev–Trinajstić information content (AvgIpc) is 3.53. The molecular weight excluding hydrogens is 1030 g/mol. The molecule has 498 valence electrons. The molecule has 2 atom stereocenters. The first kappa shape index (κ1) is 82.3. The molecule has 0 heterocycles. The van der Waals surface area contributed by atoms with Gasteiger partial charge < -0.3 is 20.3 Å². The summed E-state index contributed by atoms with van der Waals surface area (Å²) in [6.45, 7) is 4.92. The summed E-state index contributed by atoms with van der Waals surface area (Å²) < 4.78 is 5.51. The van der Waals surface area contributed by atoms with Crippen LogP contribution in [0.2, 0.25) is 0 Å². The lowest BCUT2D eigenvalue weighted by Gasteiger charge is -2.20. The van der Waals surface area contributed by atoms with Crippen molar-refractivity contribution in [3.63, 3.8) is 0 Å². The number of aliphatic hydroxyl groups excluding tert-OH is 2. The van der Waals surface area contributed by atoms with Crippen LogP contribution in [0.1, 0.15) is 438 Å². The van der Waals surface area contributed by atoms with E-state index in [1.165, 1.54) is 372 Å². The molecule has 0 aliphatic rings. The van der Waals surface area contributed by atoms with Crippen molar-refractivity contribution in [2.24, 2.45) is 0 Å². The van der Waals surface area contributed by atoms with Crippen molar-refractivity contribution in [3.8, 4) is 0 Å². The second kappa shape index (κ2) is 73.8. The highest BCUT2D eigenvalue weighted by Gasteiger charge is 2.18. The topological polar surface area (TPSA) is 95.9 Å². The predicted octanol–water partition coefficient (Wildman–Crippen LogP) is 25.3. The van der Waals surface area contributed by atoms with Crippen molar-refractivity contribution in [1.82, 2.24) is 5.32 Å². The van der Waals surface area contributed by atoms with Gasteiger partial charge in [-0.1, -0.05) is 391 Å². The fraction of sp³-hybridized carbons (Fsp3) is 0.923. The lowest BCUT2D eigenvalue weighted by molar-refractivity contribution is -0.143. The molecule has 0 aromatic rings. The number of ether oxygens (including phenoxy) is 1. The van der Waals surface area contributed by atoms with Crippen LogP contribution in [0, 0.1) is 0 Å². The molecule has 0 rings (SSSR count). The Morgan fingerprint density at radius 3 is 0.845 bits per heavy atom. The molecule has 0 aromatic carbocycles. The molecular formula is C78H151NO5. The van der Waals surface area contributed by atoms with E-state index in [-0.39, 0.29) is 18.5 Å². The number of hydrogen-bond acceptors (Lipinski definition) is 5. The van der Waals surface area contributed by atoms with Gasteiger partial charge in [0.15, 0.2) is 0 Å². The zero-order chi connectivity index (χ0) is 60.6. The monoisotopic (exact) mass is 1180 g/mol. The van der Waals surface area contributed by atoms with Crippen LogP contribution >= 0.6 is 0 Å². The first-order valence-corrected chi connectivity index (χ1v) is 38.6. The van der Waals surface area contributed by atoms with Crippen LogP contribution < -0.4 is 5.32 Å². The van der Waals surface area contributed by atoms with Crippen LogP contribution in [0.25, 0.3) is 0 Å². The molecule has 0 aliphatic heterocycles. The molecule has 3 N–H and O–H groups in total. The fourth-order valence-electron chi connectivity index (χ4n) is 12.3. The standard InChI is InChI=1S/C78H151NO5/c1-3-5-7-9-11-13-15-16-17-41-45-48-52-56-60-64-68-72-78(83)84-73-69-65-61-57-53-49-46-43-40-38-36-34-32-30-28-26-24-22-20-18-19-21-23-25-27-29-31-33-35-37-39-42-44-47-51-55-59-63-67-71-77(82)79-75(74-80)76(81)70-66-62-58-54-50-14-12-10-8-6-4-2/h16-17,66,70,75-76,80-81H,3-15,18-65,67-69,71-74H2,1-2H3,(H,79,82)/b17-16-,70-66+. The van der Waals surface area contributed by atoms with Crippen LogP contribution in [0.5, 0.6) is 0 Å². The highest BCUT2D eigenvalue weighted by atomic mass is 16.5. The van der Waals surface area contributed by atoms with Crippen molar-refractivity contribution in [2.45, 2.75) is 450 Å². The number of rotatable bonds is 73. The smallest absolute Gasteiger partial charge is 0.305 e. The lowest BCUT2D eigenvalue weighted by Crippen LogP contribution is -2.45. The zero-order valence-electron chi connectivity index (χ0n) is 57.2. The third kappa shape index (κ3) is 69.4. The number of carbonyl (C=O) groups excluding carboxylic acids is 2. The molecule has 84 heavy (non-hydrogen) atoms. The highest BCUT2D eigenvalue weighted by Crippen LogP contribution is 2.20. The first-order chi connectivity index (χ1) is 41.5. The summed E-state index contributed by atoms with van der Waals surface area (Å²) in [6.07, 6.45) is 94.6. The molecule has 0 saturated carbocycles. The van der Waals surface area contributed by atoms with Gasteiger partial charge in [-0.15, -0.1) is 0 Å². The molecule has 0 saturated heterocycles. The second-order valence-corrected chi connectivity index (χ2v) is 26.7. The first-order valence-electron chi connectivity index (χ1n) is 38.6. The fourth-order valence-corrected chi connectivity index (χ4v) is 12.3. The van der Waals surface area contributed by atoms with Crippen LogP contribution in [0.4, 0.5) is 0 Å². The van der Waals surface area contributed by atoms with E-state index in [0.717, 1.165) is 38.5 Å². The molecule has 0 spiro atoms. The number of carbonyl (C=O) groups is 2. The minimum atomic E-state index is -0.838. The average molecular weight is 1180 g/mol. The van der Waals surface area contributed by atoms with Crippen molar-refractivity contribution >= 4 is 11.9 Å². The summed E-state index contributed by atoms with van der Waals surface area (Å²) in [5, 5.41) is 23.1. The van der Waals surface area contributed by atoms with E-state index < -0.39 is 12.1 Å². The molecule has 6 heteroatoms. The number of unbranched alkanes of at least 4 members (excludes halogenated alkanes) is 60.